The zero-order valence-electron chi connectivity index (χ0n) is 13.8. The lowest BCUT2D eigenvalue weighted by Gasteiger charge is -2.09. The number of nitrogens with zero attached hydrogens (tertiary/aromatic N) is 1. The first-order chi connectivity index (χ1) is 11.6. The molecule has 5 nitrogen and oxygen atoms in total. The van der Waals surface area contributed by atoms with E-state index in [0.29, 0.717) is 28.5 Å². The number of ether oxygens (including phenoxy) is 2. The van der Waals surface area contributed by atoms with Gasteiger partial charge in [0, 0.05) is 10.6 Å². The van der Waals surface area contributed by atoms with Crippen molar-refractivity contribution in [2.75, 3.05) is 14.2 Å². The first-order valence-corrected chi connectivity index (χ1v) is 7.81. The van der Waals surface area contributed by atoms with Crippen molar-refractivity contribution >= 4 is 23.2 Å². The largest absolute Gasteiger partial charge is 0.493 e. The number of carbonyl (C=O) groups excluding carboxylic acids is 1. The minimum absolute atomic E-state index is 0.330. The molecular weight excluding hydrogens is 328 g/mol. The van der Waals surface area contributed by atoms with Crippen LogP contribution >= 0.6 is 11.6 Å². The maximum atomic E-state index is 12.3. The third-order valence-corrected chi connectivity index (χ3v) is 3.67. The van der Waals surface area contributed by atoms with Gasteiger partial charge in [-0.2, -0.15) is 5.10 Å². The van der Waals surface area contributed by atoms with E-state index in [4.69, 9.17) is 21.1 Å². The van der Waals surface area contributed by atoms with Crippen LogP contribution in [0.25, 0.3) is 0 Å². The normalized spacial score (nSPS) is 11.1. The van der Waals surface area contributed by atoms with Gasteiger partial charge in [-0.25, -0.2) is 5.43 Å². The summed E-state index contributed by atoms with van der Waals surface area (Å²) < 4.78 is 10.4. The molecule has 0 spiro atoms. The molecule has 0 bridgehead atoms. The smallest absolute Gasteiger partial charge is 0.271 e. The number of amides is 1. The summed E-state index contributed by atoms with van der Waals surface area (Å²) in [5.74, 6) is 0.717. The van der Waals surface area contributed by atoms with Crippen molar-refractivity contribution in [2.24, 2.45) is 5.10 Å². The molecule has 0 aliphatic carbocycles. The van der Waals surface area contributed by atoms with Gasteiger partial charge in [-0.3, -0.25) is 4.79 Å². The van der Waals surface area contributed by atoms with E-state index in [0.717, 1.165) is 11.3 Å². The predicted molar refractivity (Wildman–Crippen MR) is 95.3 cm³/mol. The van der Waals surface area contributed by atoms with Gasteiger partial charge in [-0.05, 0) is 42.3 Å². The molecule has 0 aliphatic heterocycles. The van der Waals surface area contributed by atoms with Crippen LogP contribution < -0.4 is 14.9 Å². The molecule has 0 heterocycles. The van der Waals surface area contributed by atoms with Gasteiger partial charge in [0.15, 0.2) is 11.5 Å². The number of methoxy groups -OCH3 is 2. The van der Waals surface area contributed by atoms with Crippen molar-refractivity contribution in [3.63, 3.8) is 0 Å². The van der Waals surface area contributed by atoms with E-state index < -0.39 is 0 Å². The first-order valence-electron chi connectivity index (χ1n) is 7.44. The Bertz CT molecular complexity index is 760. The second-order valence-electron chi connectivity index (χ2n) is 4.93. The van der Waals surface area contributed by atoms with E-state index in [-0.39, 0.29) is 5.91 Å². The Morgan fingerprint density at radius 3 is 2.46 bits per heavy atom. The van der Waals surface area contributed by atoms with Crippen molar-refractivity contribution in [2.45, 2.75) is 13.3 Å². The monoisotopic (exact) mass is 346 g/mol. The number of hydrogen-bond acceptors (Lipinski definition) is 4. The molecule has 1 amide bonds. The van der Waals surface area contributed by atoms with Crippen LogP contribution in [0.15, 0.2) is 47.6 Å². The SMILES string of the molecule is CC/C(=N\NC(=O)c1ccc(OC)c(OC)c1)c1cccc(Cl)c1. The van der Waals surface area contributed by atoms with Crippen LogP contribution in [0.1, 0.15) is 29.3 Å². The third kappa shape index (κ3) is 4.26. The number of halogens is 1. The average molecular weight is 347 g/mol. The molecule has 0 radical (unpaired) electrons. The summed E-state index contributed by atoms with van der Waals surface area (Å²) in [6.45, 7) is 1.96. The fourth-order valence-electron chi connectivity index (χ4n) is 2.18. The summed E-state index contributed by atoms with van der Waals surface area (Å²) in [5.41, 5.74) is 4.61. The summed E-state index contributed by atoms with van der Waals surface area (Å²) in [5, 5.41) is 4.84. The highest BCUT2D eigenvalue weighted by Crippen LogP contribution is 2.27. The van der Waals surface area contributed by atoms with Gasteiger partial charge in [0.25, 0.3) is 5.91 Å². The van der Waals surface area contributed by atoms with Gasteiger partial charge < -0.3 is 9.47 Å². The van der Waals surface area contributed by atoms with Crippen LogP contribution in [0.5, 0.6) is 11.5 Å². The molecule has 0 saturated heterocycles. The molecule has 0 atom stereocenters. The maximum absolute atomic E-state index is 12.3. The number of rotatable bonds is 6. The quantitative estimate of drug-likeness (QED) is 0.637. The Hall–Kier alpha value is -2.53. The van der Waals surface area contributed by atoms with Crippen molar-refractivity contribution in [1.82, 2.24) is 5.43 Å². The first kappa shape index (κ1) is 17.8. The Morgan fingerprint density at radius 1 is 1.08 bits per heavy atom. The Morgan fingerprint density at radius 2 is 1.83 bits per heavy atom. The van der Waals surface area contributed by atoms with Gasteiger partial charge in [0.1, 0.15) is 0 Å². The molecular formula is C18H19ClN2O3. The van der Waals surface area contributed by atoms with Crippen LogP contribution in [0.3, 0.4) is 0 Å². The Labute approximate surface area is 146 Å². The van der Waals surface area contributed by atoms with Crippen LogP contribution in [0.4, 0.5) is 0 Å². The molecule has 0 aliphatic rings. The van der Waals surface area contributed by atoms with Gasteiger partial charge in [0.05, 0.1) is 19.9 Å². The van der Waals surface area contributed by atoms with Gasteiger partial charge in [0.2, 0.25) is 0 Å². The van der Waals surface area contributed by atoms with Crippen molar-refractivity contribution in [1.29, 1.82) is 0 Å². The van der Waals surface area contributed by atoms with Crippen LogP contribution in [0, 0.1) is 0 Å². The summed E-state index contributed by atoms with van der Waals surface area (Å²) >= 11 is 6.00. The highest BCUT2D eigenvalue weighted by molar-refractivity contribution is 6.31. The van der Waals surface area contributed by atoms with Gasteiger partial charge >= 0.3 is 0 Å². The van der Waals surface area contributed by atoms with Crippen LogP contribution in [0.2, 0.25) is 5.02 Å². The van der Waals surface area contributed by atoms with Crippen LogP contribution in [-0.2, 0) is 0 Å². The highest BCUT2D eigenvalue weighted by Gasteiger charge is 2.11. The number of hydrogen-bond donors (Lipinski definition) is 1. The van der Waals surface area contributed by atoms with E-state index in [9.17, 15) is 4.79 Å². The molecule has 0 fully saturated rings. The predicted octanol–water partition coefficient (Wildman–Crippen LogP) is 3.90. The molecule has 2 aromatic carbocycles. The van der Waals surface area contributed by atoms with E-state index in [1.165, 1.54) is 7.11 Å². The molecule has 0 saturated carbocycles. The van der Waals surface area contributed by atoms with E-state index in [2.05, 4.69) is 10.5 Å². The minimum atomic E-state index is -0.330. The fourth-order valence-corrected chi connectivity index (χ4v) is 2.37. The Balaban J connectivity index is 2.19. The molecule has 0 unspecified atom stereocenters. The number of carbonyl (C=O) groups is 1. The summed E-state index contributed by atoms with van der Waals surface area (Å²) in [6.07, 6.45) is 0.659. The number of benzene rings is 2. The molecule has 0 aromatic heterocycles. The topological polar surface area (TPSA) is 59.9 Å². The number of hydrazone groups is 1. The van der Waals surface area contributed by atoms with E-state index in [1.54, 1.807) is 31.4 Å². The van der Waals surface area contributed by atoms with E-state index in [1.807, 2.05) is 25.1 Å². The second kappa shape index (κ2) is 8.36. The zero-order chi connectivity index (χ0) is 17.5. The summed E-state index contributed by atoms with van der Waals surface area (Å²) in [4.78, 5) is 12.3. The van der Waals surface area contributed by atoms with Crippen LogP contribution in [-0.4, -0.2) is 25.8 Å². The van der Waals surface area contributed by atoms with Crippen molar-refractivity contribution in [3.8, 4) is 11.5 Å². The molecule has 6 heteroatoms. The number of nitrogens with one attached hydrogen (secondary N) is 1. The molecule has 2 rings (SSSR count). The maximum Gasteiger partial charge on any atom is 0.271 e. The molecule has 126 valence electrons. The summed E-state index contributed by atoms with van der Waals surface area (Å²) in [6, 6.07) is 12.3. The van der Waals surface area contributed by atoms with Gasteiger partial charge in [-0.15, -0.1) is 0 Å². The summed E-state index contributed by atoms with van der Waals surface area (Å²) in [7, 11) is 3.06. The average Bonchev–Trinajstić information content (AvgIpc) is 2.61. The van der Waals surface area contributed by atoms with E-state index >= 15 is 0 Å². The lowest BCUT2D eigenvalue weighted by molar-refractivity contribution is 0.0954. The molecule has 2 aromatic rings. The second-order valence-corrected chi connectivity index (χ2v) is 5.37. The lowest BCUT2D eigenvalue weighted by atomic mass is 10.1. The third-order valence-electron chi connectivity index (χ3n) is 3.43. The molecule has 24 heavy (non-hydrogen) atoms. The standard InChI is InChI=1S/C18H19ClN2O3/c1-4-15(12-6-5-7-14(19)10-12)20-21-18(22)13-8-9-16(23-2)17(11-13)24-3/h5-11H,4H2,1-3H3,(H,21,22)/b20-15+. The van der Waals surface area contributed by atoms with Gasteiger partial charge in [-0.1, -0.05) is 30.7 Å². The minimum Gasteiger partial charge on any atom is -0.493 e. The lowest BCUT2D eigenvalue weighted by Crippen LogP contribution is -2.20. The highest BCUT2D eigenvalue weighted by atomic mass is 35.5. The Kier molecular flexibility index (Phi) is 6.21. The zero-order valence-corrected chi connectivity index (χ0v) is 14.6. The van der Waals surface area contributed by atoms with Crippen molar-refractivity contribution < 1.29 is 14.3 Å². The fraction of sp³-hybridized carbons (Fsp3) is 0.222. The molecule has 1 N–H and O–H groups in total. The van der Waals surface area contributed by atoms with Crippen molar-refractivity contribution in [3.05, 3.63) is 58.6 Å².